The molecule has 0 aliphatic heterocycles. The number of methoxy groups -OCH3 is 1. The first-order valence-corrected chi connectivity index (χ1v) is 9.01. The van der Waals surface area contributed by atoms with E-state index >= 15 is 0 Å². The van der Waals surface area contributed by atoms with Crippen LogP contribution < -0.4 is 4.72 Å². The average molecular weight is 313 g/mol. The number of hydrogen-bond donors (Lipinski definition) is 1. The lowest BCUT2D eigenvalue weighted by Crippen LogP contribution is -2.34. The number of hydrogen-bond acceptors (Lipinski definition) is 3. The van der Waals surface area contributed by atoms with Crippen LogP contribution >= 0.6 is 0 Å². The molecular weight excluding hydrogens is 286 g/mol. The molecule has 0 spiro atoms. The van der Waals surface area contributed by atoms with Crippen LogP contribution in [0.25, 0.3) is 0 Å². The molecular formula is C16H27NO3S. The summed E-state index contributed by atoms with van der Waals surface area (Å²) in [6, 6.07) is 7.95. The quantitative estimate of drug-likeness (QED) is 0.802. The molecule has 4 nitrogen and oxygen atoms in total. The van der Waals surface area contributed by atoms with Gasteiger partial charge in [0.05, 0.1) is 12.4 Å². The average Bonchev–Trinajstić information content (AvgIpc) is 2.42. The van der Waals surface area contributed by atoms with Gasteiger partial charge in [-0.25, -0.2) is 13.1 Å². The highest BCUT2D eigenvalue weighted by Crippen LogP contribution is 2.24. The third-order valence-electron chi connectivity index (χ3n) is 3.49. The molecule has 1 atom stereocenters. The SMILES string of the molecule is COCCS(=O)(=O)N[C@H](c1ccc(C(C)C)cc1)C(C)C. The summed E-state index contributed by atoms with van der Waals surface area (Å²) in [6.07, 6.45) is 0. The summed E-state index contributed by atoms with van der Waals surface area (Å²) in [6.45, 7) is 8.51. The molecule has 1 N–H and O–H groups in total. The van der Waals surface area contributed by atoms with Gasteiger partial charge in [-0.3, -0.25) is 0 Å². The van der Waals surface area contributed by atoms with Crippen LogP contribution in [-0.2, 0) is 14.8 Å². The minimum Gasteiger partial charge on any atom is -0.384 e. The molecule has 0 aromatic heterocycles. The summed E-state index contributed by atoms with van der Waals surface area (Å²) in [4.78, 5) is 0. The van der Waals surface area contributed by atoms with Crippen LogP contribution in [0.4, 0.5) is 0 Å². The maximum Gasteiger partial charge on any atom is 0.214 e. The summed E-state index contributed by atoms with van der Waals surface area (Å²) in [5.41, 5.74) is 2.25. The van der Waals surface area contributed by atoms with Crippen molar-refractivity contribution >= 4 is 10.0 Å². The molecule has 0 saturated carbocycles. The first-order valence-electron chi connectivity index (χ1n) is 7.35. The van der Waals surface area contributed by atoms with E-state index in [9.17, 15) is 8.42 Å². The Bertz CT molecular complexity index is 521. The van der Waals surface area contributed by atoms with Gasteiger partial charge in [0.2, 0.25) is 10.0 Å². The molecule has 0 aliphatic rings. The Morgan fingerprint density at radius 3 is 2.00 bits per heavy atom. The normalized spacial score (nSPS) is 13.9. The highest BCUT2D eigenvalue weighted by Gasteiger charge is 2.22. The van der Waals surface area contributed by atoms with E-state index in [2.05, 4.69) is 30.7 Å². The minimum atomic E-state index is -3.34. The van der Waals surface area contributed by atoms with Crippen LogP contribution in [0.5, 0.6) is 0 Å². The van der Waals surface area contributed by atoms with Gasteiger partial charge in [0, 0.05) is 13.2 Å². The van der Waals surface area contributed by atoms with Crippen molar-refractivity contribution in [3.05, 3.63) is 35.4 Å². The minimum absolute atomic E-state index is 0.0171. The third kappa shape index (κ3) is 5.77. The maximum atomic E-state index is 12.1. The Morgan fingerprint density at radius 1 is 1.05 bits per heavy atom. The highest BCUT2D eigenvalue weighted by atomic mass is 32.2. The Morgan fingerprint density at radius 2 is 1.57 bits per heavy atom. The number of benzene rings is 1. The van der Waals surface area contributed by atoms with E-state index in [1.807, 2.05) is 26.0 Å². The summed E-state index contributed by atoms with van der Waals surface area (Å²) in [5, 5.41) is 0. The van der Waals surface area contributed by atoms with Crippen molar-refractivity contribution in [1.29, 1.82) is 0 Å². The number of rotatable bonds is 8. The van der Waals surface area contributed by atoms with Crippen molar-refractivity contribution in [1.82, 2.24) is 4.72 Å². The largest absolute Gasteiger partial charge is 0.384 e. The molecule has 0 aliphatic carbocycles. The van der Waals surface area contributed by atoms with Crippen LogP contribution in [0, 0.1) is 5.92 Å². The molecule has 5 heteroatoms. The van der Waals surface area contributed by atoms with Crippen LogP contribution in [0.2, 0.25) is 0 Å². The lowest BCUT2D eigenvalue weighted by Gasteiger charge is -2.23. The first-order chi connectivity index (χ1) is 9.76. The smallest absolute Gasteiger partial charge is 0.214 e. The Kier molecular flexibility index (Phi) is 6.84. The Labute approximate surface area is 129 Å². The van der Waals surface area contributed by atoms with Crippen molar-refractivity contribution < 1.29 is 13.2 Å². The van der Waals surface area contributed by atoms with E-state index in [-0.39, 0.29) is 24.3 Å². The van der Waals surface area contributed by atoms with Gasteiger partial charge in [-0.1, -0.05) is 52.0 Å². The van der Waals surface area contributed by atoms with Crippen LogP contribution in [0.15, 0.2) is 24.3 Å². The van der Waals surface area contributed by atoms with E-state index in [1.165, 1.54) is 12.7 Å². The number of sulfonamides is 1. The fourth-order valence-electron chi connectivity index (χ4n) is 2.12. The van der Waals surface area contributed by atoms with E-state index < -0.39 is 10.0 Å². The van der Waals surface area contributed by atoms with Crippen LogP contribution in [0.3, 0.4) is 0 Å². The zero-order chi connectivity index (χ0) is 16.0. The van der Waals surface area contributed by atoms with E-state index in [0.717, 1.165) is 5.56 Å². The van der Waals surface area contributed by atoms with Gasteiger partial charge in [-0.05, 0) is 23.0 Å². The van der Waals surface area contributed by atoms with Crippen molar-refractivity contribution in [2.24, 2.45) is 5.92 Å². The van der Waals surface area contributed by atoms with Crippen molar-refractivity contribution in [3.8, 4) is 0 Å². The van der Waals surface area contributed by atoms with E-state index in [4.69, 9.17) is 4.74 Å². The molecule has 1 aromatic carbocycles. The highest BCUT2D eigenvalue weighted by molar-refractivity contribution is 7.89. The standard InChI is InChI=1S/C16H27NO3S/c1-12(2)14-6-8-15(9-7-14)16(13(3)4)17-21(18,19)11-10-20-5/h6-9,12-13,16-17H,10-11H2,1-5H3/t16-/m0/s1. The second-order valence-corrected chi connectivity index (χ2v) is 7.85. The first kappa shape index (κ1) is 18.1. The molecule has 21 heavy (non-hydrogen) atoms. The fourth-order valence-corrected chi connectivity index (χ4v) is 3.42. The third-order valence-corrected chi connectivity index (χ3v) is 4.81. The predicted molar refractivity (Wildman–Crippen MR) is 86.9 cm³/mol. The van der Waals surface area contributed by atoms with E-state index in [0.29, 0.717) is 5.92 Å². The van der Waals surface area contributed by atoms with Crippen molar-refractivity contribution in [3.63, 3.8) is 0 Å². The fraction of sp³-hybridized carbons (Fsp3) is 0.625. The molecule has 0 heterocycles. The lowest BCUT2D eigenvalue weighted by molar-refractivity contribution is 0.216. The lowest BCUT2D eigenvalue weighted by atomic mass is 9.94. The van der Waals surface area contributed by atoms with Gasteiger partial charge in [0.15, 0.2) is 0 Å². The van der Waals surface area contributed by atoms with Gasteiger partial charge in [0.1, 0.15) is 0 Å². The molecule has 0 amide bonds. The monoisotopic (exact) mass is 313 g/mol. The van der Waals surface area contributed by atoms with E-state index in [1.54, 1.807) is 0 Å². The molecule has 1 rings (SSSR count). The van der Waals surface area contributed by atoms with Gasteiger partial charge >= 0.3 is 0 Å². The maximum absolute atomic E-state index is 12.1. The molecule has 0 unspecified atom stereocenters. The molecule has 1 aromatic rings. The molecule has 0 saturated heterocycles. The summed E-state index contributed by atoms with van der Waals surface area (Å²) in [5.74, 6) is 0.624. The topological polar surface area (TPSA) is 55.4 Å². The molecule has 0 radical (unpaired) electrons. The Hall–Kier alpha value is -0.910. The Balaban J connectivity index is 2.92. The second-order valence-electron chi connectivity index (χ2n) is 5.97. The molecule has 120 valence electrons. The number of ether oxygens (including phenoxy) is 1. The van der Waals surface area contributed by atoms with Crippen LogP contribution in [0.1, 0.15) is 50.8 Å². The summed E-state index contributed by atoms with van der Waals surface area (Å²) in [7, 11) is -1.84. The van der Waals surface area contributed by atoms with Crippen molar-refractivity contribution in [2.75, 3.05) is 19.5 Å². The zero-order valence-electron chi connectivity index (χ0n) is 13.6. The van der Waals surface area contributed by atoms with Crippen molar-refractivity contribution in [2.45, 2.75) is 39.7 Å². The summed E-state index contributed by atoms with van der Waals surface area (Å²) < 4.78 is 31.8. The second kappa shape index (κ2) is 7.92. The predicted octanol–water partition coefficient (Wildman–Crippen LogP) is 3.07. The van der Waals surface area contributed by atoms with Gasteiger partial charge in [-0.15, -0.1) is 0 Å². The zero-order valence-corrected chi connectivity index (χ0v) is 14.4. The van der Waals surface area contributed by atoms with Gasteiger partial charge in [0.25, 0.3) is 0 Å². The van der Waals surface area contributed by atoms with Crippen LogP contribution in [-0.4, -0.2) is 27.9 Å². The summed E-state index contributed by atoms with van der Waals surface area (Å²) >= 11 is 0. The van der Waals surface area contributed by atoms with Gasteiger partial charge < -0.3 is 4.74 Å². The molecule has 0 fully saturated rings. The van der Waals surface area contributed by atoms with Gasteiger partial charge in [-0.2, -0.15) is 0 Å². The number of nitrogens with one attached hydrogen (secondary N) is 1. The molecule has 0 bridgehead atoms.